The molecule has 32 heavy (non-hydrogen) atoms. The summed E-state index contributed by atoms with van der Waals surface area (Å²) in [4.78, 5) is 10.2. The molecule has 0 radical (unpaired) electrons. The van der Waals surface area contributed by atoms with Crippen LogP contribution >= 0.6 is 0 Å². The number of aryl methyl sites for hydroxylation is 1. The SMILES string of the molecule is Cc1ccc(C(C)(C)c2ccc(OC(C)c3ncnc(N4CCOCC4)c3F)cc2)cc1. The average molecular weight is 436 g/mol. The highest BCUT2D eigenvalue weighted by Crippen LogP contribution is 2.33. The molecule has 1 atom stereocenters. The first kappa shape index (κ1) is 22.2. The standard InChI is InChI=1S/C26H30FN3O2/c1-18-5-7-20(8-6-18)26(3,4)21-9-11-22(12-10-21)32-19(2)24-23(27)25(29-17-28-24)30-13-15-31-16-14-30/h5-12,17,19H,13-16H2,1-4H3. The molecule has 1 fully saturated rings. The molecule has 0 aliphatic carbocycles. The van der Waals surface area contributed by atoms with Gasteiger partial charge in [-0.2, -0.15) is 0 Å². The van der Waals surface area contributed by atoms with Gasteiger partial charge in [-0.15, -0.1) is 0 Å². The number of aromatic nitrogens is 2. The van der Waals surface area contributed by atoms with Crippen molar-refractivity contribution < 1.29 is 13.9 Å². The number of hydrogen-bond donors (Lipinski definition) is 0. The minimum atomic E-state index is -0.547. The Morgan fingerprint density at radius 3 is 2.19 bits per heavy atom. The fraction of sp³-hybridized carbons (Fsp3) is 0.385. The van der Waals surface area contributed by atoms with Crippen LogP contribution in [0.3, 0.4) is 0 Å². The number of hydrogen-bond acceptors (Lipinski definition) is 5. The number of nitrogens with zero attached hydrogens (tertiary/aromatic N) is 3. The molecule has 3 aromatic rings. The monoisotopic (exact) mass is 435 g/mol. The van der Waals surface area contributed by atoms with Gasteiger partial charge < -0.3 is 14.4 Å². The highest BCUT2D eigenvalue weighted by molar-refractivity contribution is 5.43. The van der Waals surface area contributed by atoms with Crippen molar-refractivity contribution in [3.63, 3.8) is 0 Å². The van der Waals surface area contributed by atoms with E-state index in [0.717, 1.165) is 0 Å². The maximum absolute atomic E-state index is 15.2. The van der Waals surface area contributed by atoms with Gasteiger partial charge in [-0.05, 0) is 37.1 Å². The van der Waals surface area contributed by atoms with Crippen molar-refractivity contribution in [3.05, 3.63) is 83.1 Å². The second kappa shape index (κ2) is 9.25. The predicted molar refractivity (Wildman–Crippen MR) is 124 cm³/mol. The topological polar surface area (TPSA) is 47.5 Å². The molecule has 0 amide bonds. The van der Waals surface area contributed by atoms with Crippen LogP contribution in [0.15, 0.2) is 54.9 Å². The molecular weight excluding hydrogens is 405 g/mol. The van der Waals surface area contributed by atoms with E-state index in [1.807, 2.05) is 17.0 Å². The van der Waals surface area contributed by atoms with Gasteiger partial charge in [-0.1, -0.05) is 55.8 Å². The summed E-state index contributed by atoms with van der Waals surface area (Å²) >= 11 is 0. The van der Waals surface area contributed by atoms with Crippen molar-refractivity contribution in [2.24, 2.45) is 0 Å². The van der Waals surface area contributed by atoms with Gasteiger partial charge in [-0.3, -0.25) is 0 Å². The second-order valence-corrected chi connectivity index (χ2v) is 8.77. The van der Waals surface area contributed by atoms with Gasteiger partial charge in [0.25, 0.3) is 0 Å². The van der Waals surface area contributed by atoms with E-state index >= 15 is 4.39 Å². The lowest BCUT2D eigenvalue weighted by molar-refractivity contribution is 0.122. The molecule has 5 nitrogen and oxygen atoms in total. The molecule has 168 valence electrons. The minimum absolute atomic E-state index is 0.135. The summed E-state index contributed by atoms with van der Waals surface area (Å²) in [5.41, 5.74) is 3.80. The van der Waals surface area contributed by atoms with Crippen molar-refractivity contribution in [1.82, 2.24) is 9.97 Å². The molecule has 0 spiro atoms. The quantitative estimate of drug-likeness (QED) is 0.531. The van der Waals surface area contributed by atoms with E-state index in [9.17, 15) is 0 Å². The van der Waals surface area contributed by atoms with Crippen LogP contribution in [0.2, 0.25) is 0 Å². The van der Waals surface area contributed by atoms with E-state index < -0.39 is 11.9 Å². The molecule has 0 saturated carbocycles. The molecule has 4 rings (SSSR count). The second-order valence-electron chi connectivity index (χ2n) is 8.77. The lowest BCUT2D eigenvalue weighted by Gasteiger charge is -2.28. The van der Waals surface area contributed by atoms with Gasteiger partial charge in [0.15, 0.2) is 11.6 Å². The van der Waals surface area contributed by atoms with Crippen LogP contribution in [0, 0.1) is 12.7 Å². The molecule has 1 saturated heterocycles. The Balaban J connectivity index is 1.49. The van der Waals surface area contributed by atoms with E-state index in [1.165, 1.54) is 23.0 Å². The van der Waals surface area contributed by atoms with E-state index in [-0.39, 0.29) is 11.1 Å². The number of ether oxygens (including phenoxy) is 2. The zero-order valence-electron chi connectivity index (χ0n) is 19.1. The zero-order valence-corrected chi connectivity index (χ0v) is 19.1. The number of benzene rings is 2. The smallest absolute Gasteiger partial charge is 0.190 e. The lowest BCUT2D eigenvalue weighted by atomic mass is 9.78. The third-order valence-electron chi connectivity index (χ3n) is 6.16. The normalized spacial score (nSPS) is 15.5. The van der Waals surface area contributed by atoms with Gasteiger partial charge in [0.05, 0.1) is 13.2 Å². The molecule has 2 aromatic carbocycles. The van der Waals surface area contributed by atoms with Crippen LogP contribution in [-0.4, -0.2) is 36.3 Å². The minimum Gasteiger partial charge on any atom is -0.484 e. The molecule has 1 aromatic heterocycles. The Labute approximate surface area is 189 Å². The number of halogens is 1. The first-order chi connectivity index (χ1) is 15.4. The first-order valence-electron chi connectivity index (χ1n) is 11.0. The van der Waals surface area contributed by atoms with Crippen LogP contribution in [0.1, 0.15) is 49.3 Å². The van der Waals surface area contributed by atoms with Crippen molar-refractivity contribution >= 4 is 5.82 Å². The van der Waals surface area contributed by atoms with Crippen LogP contribution in [0.5, 0.6) is 5.75 Å². The zero-order chi connectivity index (χ0) is 22.7. The highest BCUT2D eigenvalue weighted by atomic mass is 19.1. The molecular formula is C26H30FN3O2. The summed E-state index contributed by atoms with van der Waals surface area (Å²) in [7, 11) is 0. The van der Waals surface area contributed by atoms with E-state index in [2.05, 4.69) is 67.1 Å². The molecule has 1 unspecified atom stereocenters. The van der Waals surface area contributed by atoms with Crippen LogP contribution in [-0.2, 0) is 10.2 Å². The molecule has 0 N–H and O–H groups in total. The first-order valence-corrected chi connectivity index (χ1v) is 11.0. The van der Waals surface area contributed by atoms with E-state index in [4.69, 9.17) is 9.47 Å². The fourth-order valence-electron chi connectivity index (χ4n) is 4.00. The van der Waals surface area contributed by atoms with E-state index in [0.29, 0.717) is 37.9 Å². The summed E-state index contributed by atoms with van der Waals surface area (Å²) in [6.45, 7) is 10.7. The Hall–Kier alpha value is -2.99. The summed E-state index contributed by atoms with van der Waals surface area (Å²) in [6.07, 6.45) is 0.852. The highest BCUT2D eigenvalue weighted by Gasteiger charge is 2.25. The largest absolute Gasteiger partial charge is 0.484 e. The molecule has 0 bridgehead atoms. The van der Waals surface area contributed by atoms with Crippen molar-refractivity contribution in [2.45, 2.75) is 39.2 Å². The maximum atomic E-state index is 15.2. The molecule has 6 heteroatoms. The van der Waals surface area contributed by atoms with Crippen LogP contribution < -0.4 is 9.64 Å². The van der Waals surface area contributed by atoms with Crippen molar-refractivity contribution in [1.29, 1.82) is 0 Å². The molecule has 1 aliphatic heterocycles. The van der Waals surface area contributed by atoms with Crippen LogP contribution in [0.4, 0.5) is 10.2 Å². The lowest BCUT2D eigenvalue weighted by Crippen LogP contribution is -2.37. The maximum Gasteiger partial charge on any atom is 0.190 e. The van der Waals surface area contributed by atoms with Crippen LogP contribution in [0.25, 0.3) is 0 Å². The summed E-state index contributed by atoms with van der Waals surface area (Å²) in [5, 5.41) is 0. The van der Waals surface area contributed by atoms with Gasteiger partial charge >= 0.3 is 0 Å². The Morgan fingerprint density at radius 2 is 1.56 bits per heavy atom. The predicted octanol–water partition coefficient (Wildman–Crippen LogP) is 5.23. The molecule has 1 aliphatic rings. The third kappa shape index (κ3) is 4.60. The fourth-order valence-corrected chi connectivity index (χ4v) is 4.00. The van der Waals surface area contributed by atoms with Gasteiger partial charge in [0, 0.05) is 18.5 Å². The number of anilines is 1. The summed E-state index contributed by atoms with van der Waals surface area (Å²) < 4.78 is 26.6. The average Bonchev–Trinajstić information content (AvgIpc) is 2.80. The Kier molecular flexibility index (Phi) is 6.42. The summed E-state index contributed by atoms with van der Waals surface area (Å²) in [6, 6.07) is 16.6. The number of morpholine rings is 1. The van der Waals surface area contributed by atoms with Gasteiger partial charge in [0.2, 0.25) is 0 Å². The Bertz CT molecular complexity index is 1050. The molecule has 2 heterocycles. The number of rotatable bonds is 6. The van der Waals surface area contributed by atoms with Crippen molar-refractivity contribution in [2.75, 3.05) is 31.2 Å². The van der Waals surface area contributed by atoms with E-state index in [1.54, 1.807) is 6.92 Å². The van der Waals surface area contributed by atoms with Crippen molar-refractivity contribution in [3.8, 4) is 5.75 Å². The third-order valence-corrected chi connectivity index (χ3v) is 6.16. The summed E-state index contributed by atoms with van der Waals surface area (Å²) in [5.74, 6) is 0.551. The Morgan fingerprint density at radius 1 is 0.969 bits per heavy atom. The van der Waals surface area contributed by atoms with Gasteiger partial charge in [0.1, 0.15) is 23.9 Å². The van der Waals surface area contributed by atoms with Gasteiger partial charge in [-0.25, -0.2) is 14.4 Å².